The number of hydrogen-bond acceptors (Lipinski definition) is 8. The number of nitrogens with zero attached hydrogens (tertiary/aromatic N) is 2. The number of thiol groups is 4. The van der Waals surface area contributed by atoms with Gasteiger partial charge in [0.15, 0.2) is 0 Å². The molecule has 2 saturated heterocycles. The van der Waals surface area contributed by atoms with Crippen LogP contribution < -0.4 is 0 Å². The average molecular weight is 553 g/mol. The van der Waals surface area contributed by atoms with E-state index in [2.05, 4.69) is 60.5 Å². The molecule has 4 atom stereocenters. The van der Waals surface area contributed by atoms with Gasteiger partial charge in [-0.3, -0.25) is 0 Å². The normalized spacial score (nSPS) is 26.3. The molecule has 10 heteroatoms. The molecular formula is C15H26N2O2S4Se2. The van der Waals surface area contributed by atoms with E-state index >= 15 is 0 Å². The van der Waals surface area contributed by atoms with Crippen molar-refractivity contribution in [2.24, 2.45) is 9.98 Å². The van der Waals surface area contributed by atoms with Crippen molar-refractivity contribution in [3.05, 3.63) is 0 Å². The Balaban J connectivity index is 0.000000451. The summed E-state index contributed by atoms with van der Waals surface area (Å²) in [5, 5.41) is 0. The van der Waals surface area contributed by atoms with Crippen LogP contribution in [0.5, 0.6) is 0 Å². The van der Waals surface area contributed by atoms with E-state index in [1.165, 1.54) is 0 Å². The maximum atomic E-state index is 10.1. The molecule has 4 unspecified atom stereocenters. The molecule has 0 spiro atoms. The van der Waals surface area contributed by atoms with Gasteiger partial charge in [0.25, 0.3) is 0 Å². The number of fused-ring (bicyclic) bond motifs is 2. The van der Waals surface area contributed by atoms with Gasteiger partial charge < -0.3 is 0 Å². The van der Waals surface area contributed by atoms with Crippen LogP contribution in [-0.2, 0) is 9.59 Å². The molecule has 0 N–H and O–H groups in total. The molecule has 0 aliphatic carbocycles. The Morgan fingerprint density at radius 1 is 0.880 bits per heavy atom. The third kappa shape index (κ3) is 8.83. The Morgan fingerprint density at radius 2 is 1.24 bits per heavy atom. The van der Waals surface area contributed by atoms with Crippen LogP contribution in [0, 0.1) is 0 Å². The maximum absolute atomic E-state index is 10.1. The average Bonchev–Trinajstić information content (AvgIpc) is 3.17. The molecule has 0 radical (unpaired) electrons. The molecular weight excluding hydrogens is 526 g/mol. The zero-order valence-corrected chi connectivity index (χ0v) is 20.0. The Bertz CT molecular complexity index is 428. The number of rotatable bonds is 8. The van der Waals surface area contributed by atoms with E-state index < -0.39 is 0 Å². The molecule has 2 aliphatic rings. The first-order valence-corrected chi connectivity index (χ1v) is 14.0. The van der Waals surface area contributed by atoms with Gasteiger partial charge in [-0.15, -0.1) is 0 Å². The van der Waals surface area contributed by atoms with E-state index in [-0.39, 0.29) is 19.5 Å². The fourth-order valence-corrected chi connectivity index (χ4v) is 10.9. The van der Waals surface area contributed by atoms with Crippen LogP contribution in [0.3, 0.4) is 0 Å². The SMILES string of the molecule is C.O=C=NC1CC2[Se]C1CC2N=C=O.SCC(CS)[Se]C(CS)CS. The summed E-state index contributed by atoms with van der Waals surface area (Å²) in [5.41, 5.74) is 0. The van der Waals surface area contributed by atoms with Crippen molar-refractivity contribution in [2.45, 2.75) is 51.6 Å². The van der Waals surface area contributed by atoms with Gasteiger partial charge in [0.05, 0.1) is 0 Å². The fourth-order valence-electron chi connectivity index (χ4n) is 2.58. The van der Waals surface area contributed by atoms with Crippen LogP contribution in [0.1, 0.15) is 20.3 Å². The topological polar surface area (TPSA) is 58.9 Å². The minimum atomic E-state index is 0. The molecule has 2 fully saturated rings. The zero-order chi connectivity index (χ0) is 17.9. The summed E-state index contributed by atoms with van der Waals surface area (Å²) < 4.78 is 0. The Morgan fingerprint density at radius 3 is 1.48 bits per heavy atom. The third-order valence-corrected chi connectivity index (χ3v) is 14.4. The summed E-state index contributed by atoms with van der Waals surface area (Å²) in [6, 6.07) is 0.334. The first-order chi connectivity index (χ1) is 11.6. The van der Waals surface area contributed by atoms with Gasteiger partial charge in [-0.05, 0) is 0 Å². The van der Waals surface area contributed by atoms with Crippen LogP contribution >= 0.6 is 50.5 Å². The molecule has 0 saturated carbocycles. The van der Waals surface area contributed by atoms with Gasteiger partial charge >= 0.3 is 179 Å². The first kappa shape index (κ1) is 26.2. The van der Waals surface area contributed by atoms with E-state index in [1.54, 1.807) is 12.2 Å². The molecule has 2 bridgehead atoms. The molecule has 0 aromatic rings. The van der Waals surface area contributed by atoms with Crippen molar-refractivity contribution in [1.82, 2.24) is 0 Å². The van der Waals surface area contributed by atoms with Crippen LogP contribution in [0.2, 0.25) is 19.3 Å². The van der Waals surface area contributed by atoms with Gasteiger partial charge in [0.2, 0.25) is 0 Å². The second kappa shape index (κ2) is 15.2. The molecule has 25 heavy (non-hydrogen) atoms. The summed E-state index contributed by atoms with van der Waals surface area (Å²) >= 11 is 18.2. The summed E-state index contributed by atoms with van der Waals surface area (Å²) in [6.45, 7) is 0. The predicted octanol–water partition coefficient (Wildman–Crippen LogP) is 3.11. The molecule has 2 rings (SSSR count). The van der Waals surface area contributed by atoms with Crippen LogP contribution in [0.15, 0.2) is 9.98 Å². The van der Waals surface area contributed by atoms with Gasteiger partial charge in [0, 0.05) is 0 Å². The number of carbonyl (C=O) groups excluding carboxylic acids is 2. The van der Waals surface area contributed by atoms with Crippen LogP contribution in [-0.4, -0.2) is 77.2 Å². The minimum absolute atomic E-state index is 0. The number of isocyanates is 2. The van der Waals surface area contributed by atoms with Crippen LogP contribution in [0.25, 0.3) is 0 Å². The Hall–Kier alpha value is 1.20. The summed E-state index contributed by atoms with van der Waals surface area (Å²) in [4.78, 5) is 30.0. The van der Waals surface area contributed by atoms with Crippen molar-refractivity contribution in [1.29, 1.82) is 0 Å². The monoisotopic (exact) mass is 554 g/mol. The third-order valence-electron chi connectivity index (χ3n) is 3.79. The van der Waals surface area contributed by atoms with Gasteiger partial charge in [-0.1, -0.05) is 7.43 Å². The van der Waals surface area contributed by atoms with Gasteiger partial charge in [-0.25, -0.2) is 0 Å². The second-order valence-corrected chi connectivity index (χ2v) is 13.3. The molecule has 0 aromatic heterocycles. The molecule has 0 aromatic carbocycles. The van der Waals surface area contributed by atoms with Gasteiger partial charge in [-0.2, -0.15) is 0 Å². The van der Waals surface area contributed by atoms with Crippen molar-refractivity contribution in [3.8, 4) is 0 Å². The standard InChI is InChI=1S/C8H8N2O2Se.C6H14S4Se.CH4/c11-3-9-5-1-7-6(10-4-12)2-8(5)13-7;7-1-5(2-8)11-6(3-9)4-10;/h5-8H,1-2H2;5-10H,1-4H2;1H4. The van der Waals surface area contributed by atoms with Crippen LogP contribution in [0.4, 0.5) is 0 Å². The zero-order valence-electron chi connectivity index (χ0n) is 13.0. The first-order valence-electron chi connectivity index (χ1n) is 7.51. The number of aliphatic imine (C=N–C) groups is 2. The van der Waals surface area contributed by atoms with E-state index in [1.807, 2.05) is 0 Å². The molecule has 2 aliphatic heterocycles. The number of hydrogen-bond donors (Lipinski definition) is 4. The summed E-state index contributed by atoms with van der Waals surface area (Å²) in [7, 11) is 0. The molecule has 144 valence electrons. The quantitative estimate of drug-likeness (QED) is 0.162. The van der Waals surface area contributed by atoms with E-state index in [9.17, 15) is 9.59 Å². The van der Waals surface area contributed by atoms with E-state index in [0.29, 0.717) is 49.2 Å². The van der Waals surface area contributed by atoms with E-state index in [4.69, 9.17) is 0 Å². The summed E-state index contributed by atoms with van der Waals surface area (Å²) in [5.74, 6) is 3.78. The fraction of sp³-hybridized carbons (Fsp3) is 0.867. The second-order valence-electron chi connectivity index (χ2n) is 5.37. The predicted molar refractivity (Wildman–Crippen MR) is 122 cm³/mol. The molecule has 2 heterocycles. The Kier molecular flexibility index (Phi) is 15.9. The van der Waals surface area contributed by atoms with Crippen molar-refractivity contribution >= 4 is 92.6 Å². The van der Waals surface area contributed by atoms with E-state index in [0.717, 1.165) is 35.9 Å². The van der Waals surface area contributed by atoms with Crippen molar-refractivity contribution in [2.75, 3.05) is 23.0 Å². The molecule has 0 amide bonds. The molecule has 4 nitrogen and oxygen atoms in total. The van der Waals surface area contributed by atoms with Crippen molar-refractivity contribution < 1.29 is 9.59 Å². The van der Waals surface area contributed by atoms with Gasteiger partial charge in [0.1, 0.15) is 0 Å². The van der Waals surface area contributed by atoms with Crippen molar-refractivity contribution in [3.63, 3.8) is 0 Å². The Labute approximate surface area is 185 Å². The summed E-state index contributed by atoms with van der Waals surface area (Å²) in [6.07, 6.45) is 5.06.